The fourth-order valence-corrected chi connectivity index (χ4v) is 1.58. The summed E-state index contributed by atoms with van der Waals surface area (Å²) in [7, 11) is 0. The monoisotopic (exact) mass is 280 g/mol. The van der Waals surface area contributed by atoms with Crippen LogP contribution in [0.15, 0.2) is 34.9 Å². The summed E-state index contributed by atoms with van der Waals surface area (Å²) < 4.78 is 5.34. The molecule has 2 aromatic rings. The third-order valence-electron chi connectivity index (χ3n) is 2.60. The fraction of sp³-hybridized carbons (Fsp3) is 0.231. The van der Waals surface area contributed by atoms with Crippen molar-refractivity contribution < 1.29 is 14.3 Å². The van der Waals surface area contributed by atoms with Crippen LogP contribution in [0.2, 0.25) is 5.02 Å². The zero-order valence-corrected chi connectivity index (χ0v) is 11.0. The predicted octanol–water partition coefficient (Wildman–Crippen LogP) is 2.56. The van der Waals surface area contributed by atoms with Crippen LogP contribution in [-0.4, -0.2) is 22.1 Å². The van der Waals surface area contributed by atoms with Crippen molar-refractivity contribution in [2.75, 3.05) is 0 Å². The Kier molecular flexibility index (Phi) is 4.19. The molecule has 1 heterocycles. The lowest BCUT2D eigenvalue weighted by Crippen LogP contribution is -2.33. The molecule has 1 atom stereocenters. The lowest BCUT2D eigenvalue weighted by molar-refractivity contribution is -0.139. The number of hydrogen-bond acceptors (Lipinski definition) is 4. The first kappa shape index (κ1) is 13.6. The van der Waals surface area contributed by atoms with Crippen LogP contribution in [0.3, 0.4) is 0 Å². The highest BCUT2D eigenvalue weighted by Gasteiger charge is 2.11. The maximum Gasteiger partial charge on any atom is 0.320 e. The van der Waals surface area contributed by atoms with E-state index in [1.807, 2.05) is 12.1 Å². The molecule has 1 aromatic heterocycles. The first-order chi connectivity index (χ1) is 9.06. The summed E-state index contributed by atoms with van der Waals surface area (Å²) in [5.74, 6) is -0.419. The Hall–Kier alpha value is -1.85. The second kappa shape index (κ2) is 5.86. The van der Waals surface area contributed by atoms with Crippen LogP contribution in [0, 0.1) is 0 Å². The number of aliphatic carboxylic acids is 1. The highest BCUT2D eigenvalue weighted by molar-refractivity contribution is 6.30. The van der Waals surface area contributed by atoms with E-state index in [4.69, 9.17) is 21.1 Å². The molecule has 0 aliphatic heterocycles. The summed E-state index contributed by atoms with van der Waals surface area (Å²) in [5.41, 5.74) is 1.47. The van der Waals surface area contributed by atoms with Gasteiger partial charge in [0.15, 0.2) is 0 Å². The molecule has 0 spiro atoms. The van der Waals surface area contributed by atoms with Gasteiger partial charge in [-0.05, 0) is 31.2 Å². The van der Waals surface area contributed by atoms with E-state index in [-0.39, 0.29) is 0 Å². The van der Waals surface area contributed by atoms with Gasteiger partial charge in [0.2, 0.25) is 5.89 Å². The SMILES string of the molecule is C[C@@H](NCc1coc(-c2ccc(Cl)cc2)n1)C(=O)O. The quantitative estimate of drug-likeness (QED) is 0.880. The molecule has 5 nitrogen and oxygen atoms in total. The minimum Gasteiger partial charge on any atom is -0.480 e. The lowest BCUT2D eigenvalue weighted by atomic mass is 10.2. The number of benzene rings is 1. The smallest absolute Gasteiger partial charge is 0.320 e. The molecule has 0 unspecified atom stereocenters. The van der Waals surface area contributed by atoms with Crippen LogP contribution in [0.5, 0.6) is 0 Å². The lowest BCUT2D eigenvalue weighted by Gasteiger charge is -2.05. The molecule has 0 aliphatic carbocycles. The highest BCUT2D eigenvalue weighted by Crippen LogP contribution is 2.20. The number of rotatable bonds is 5. The van der Waals surface area contributed by atoms with E-state index in [9.17, 15) is 4.79 Å². The van der Waals surface area contributed by atoms with Gasteiger partial charge in [-0.2, -0.15) is 0 Å². The van der Waals surface area contributed by atoms with Gasteiger partial charge in [0.1, 0.15) is 12.3 Å². The van der Waals surface area contributed by atoms with Crippen LogP contribution in [-0.2, 0) is 11.3 Å². The number of halogens is 1. The van der Waals surface area contributed by atoms with Crippen molar-refractivity contribution in [1.82, 2.24) is 10.3 Å². The average Bonchev–Trinajstić information content (AvgIpc) is 2.85. The maximum atomic E-state index is 10.7. The highest BCUT2D eigenvalue weighted by atomic mass is 35.5. The molecule has 19 heavy (non-hydrogen) atoms. The number of nitrogens with zero attached hydrogens (tertiary/aromatic N) is 1. The van der Waals surface area contributed by atoms with Crippen LogP contribution in [0.1, 0.15) is 12.6 Å². The summed E-state index contributed by atoms with van der Waals surface area (Å²) in [6.07, 6.45) is 1.51. The van der Waals surface area contributed by atoms with Crippen LogP contribution >= 0.6 is 11.6 Å². The Morgan fingerprint density at radius 3 is 2.79 bits per heavy atom. The van der Waals surface area contributed by atoms with E-state index >= 15 is 0 Å². The third kappa shape index (κ3) is 3.56. The first-order valence-corrected chi connectivity index (χ1v) is 6.10. The summed E-state index contributed by atoms with van der Waals surface area (Å²) in [5, 5.41) is 12.2. The molecule has 0 saturated heterocycles. The summed E-state index contributed by atoms with van der Waals surface area (Å²) >= 11 is 5.80. The number of aromatic nitrogens is 1. The van der Waals surface area contributed by atoms with Crippen molar-refractivity contribution in [1.29, 1.82) is 0 Å². The van der Waals surface area contributed by atoms with Gasteiger partial charge in [0, 0.05) is 17.1 Å². The van der Waals surface area contributed by atoms with Crippen LogP contribution < -0.4 is 5.32 Å². The van der Waals surface area contributed by atoms with Gasteiger partial charge in [-0.25, -0.2) is 4.98 Å². The van der Waals surface area contributed by atoms with Gasteiger partial charge >= 0.3 is 5.97 Å². The van der Waals surface area contributed by atoms with Crippen molar-refractivity contribution in [2.24, 2.45) is 0 Å². The number of oxazole rings is 1. The summed E-state index contributed by atoms with van der Waals surface area (Å²) in [6, 6.07) is 6.50. The van der Waals surface area contributed by atoms with Crippen LogP contribution in [0.25, 0.3) is 11.5 Å². The van der Waals surface area contributed by atoms with Gasteiger partial charge < -0.3 is 9.52 Å². The second-order valence-corrected chi connectivity index (χ2v) is 4.53. The molecule has 1 aromatic carbocycles. The zero-order chi connectivity index (χ0) is 13.8. The topological polar surface area (TPSA) is 75.4 Å². The Bertz CT molecular complexity index is 566. The molecule has 0 saturated carbocycles. The number of nitrogens with one attached hydrogen (secondary N) is 1. The van der Waals surface area contributed by atoms with Crippen molar-refractivity contribution in [3.05, 3.63) is 41.2 Å². The number of carboxylic acid groups (broad SMARTS) is 1. The normalized spacial score (nSPS) is 12.3. The van der Waals surface area contributed by atoms with Crippen LogP contribution in [0.4, 0.5) is 0 Å². The van der Waals surface area contributed by atoms with E-state index < -0.39 is 12.0 Å². The molecule has 100 valence electrons. The summed E-state index contributed by atoms with van der Waals surface area (Å²) in [4.78, 5) is 14.9. The maximum absolute atomic E-state index is 10.7. The van der Waals surface area contributed by atoms with Gasteiger partial charge in [-0.15, -0.1) is 0 Å². The minimum absolute atomic E-state index is 0.338. The van der Waals surface area contributed by atoms with Crippen molar-refractivity contribution in [3.8, 4) is 11.5 Å². The number of carboxylic acids is 1. The molecule has 0 bridgehead atoms. The molecule has 0 amide bonds. The Morgan fingerprint density at radius 1 is 1.47 bits per heavy atom. The van der Waals surface area contributed by atoms with E-state index in [2.05, 4.69) is 10.3 Å². The third-order valence-corrected chi connectivity index (χ3v) is 2.85. The van der Waals surface area contributed by atoms with Crippen molar-refractivity contribution in [2.45, 2.75) is 19.5 Å². The average molecular weight is 281 g/mol. The Balaban J connectivity index is 2.03. The van der Waals surface area contributed by atoms with E-state index in [0.717, 1.165) is 5.56 Å². The van der Waals surface area contributed by atoms with Gasteiger partial charge in [0.05, 0.1) is 5.69 Å². The zero-order valence-electron chi connectivity index (χ0n) is 10.3. The van der Waals surface area contributed by atoms with Gasteiger partial charge in [-0.1, -0.05) is 11.6 Å². The van der Waals surface area contributed by atoms with Crippen molar-refractivity contribution in [3.63, 3.8) is 0 Å². The van der Waals surface area contributed by atoms with E-state index in [1.54, 1.807) is 19.1 Å². The molecule has 0 aliphatic rings. The number of hydrogen-bond donors (Lipinski definition) is 2. The van der Waals surface area contributed by atoms with Crippen molar-refractivity contribution >= 4 is 17.6 Å². The van der Waals surface area contributed by atoms with E-state index in [1.165, 1.54) is 6.26 Å². The summed E-state index contributed by atoms with van der Waals surface area (Å²) in [6.45, 7) is 1.91. The largest absolute Gasteiger partial charge is 0.480 e. The van der Waals surface area contributed by atoms with Gasteiger partial charge in [0.25, 0.3) is 0 Å². The number of carbonyl (C=O) groups is 1. The minimum atomic E-state index is -0.901. The Labute approximate surface area is 115 Å². The molecule has 2 rings (SSSR count). The first-order valence-electron chi connectivity index (χ1n) is 5.73. The Morgan fingerprint density at radius 2 is 2.16 bits per heavy atom. The molecule has 6 heteroatoms. The van der Waals surface area contributed by atoms with Gasteiger partial charge in [-0.3, -0.25) is 10.1 Å². The standard InChI is InChI=1S/C13H13ClN2O3/c1-8(13(17)18)15-6-11-7-19-12(16-11)9-2-4-10(14)5-3-9/h2-5,7-8,15H,6H2,1H3,(H,17,18)/t8-/m1/s1. The molecule has 2 N–H and O–H groups in total. The molecular weight excluding hydrogens is 268 g/mol. The molecule has 0 radical (unpaired) electrons. The molecule has 0 fully saturated rings. The van der Waals surface area contributed by atoms with E-state index in [0.29, 0.717) is 23.2 Å². The fourth-order valence-electron chi connectivity index (χ4n) is 1.46. The molecular formula is C13H13ClN2O3. The predicted molar refractivity (Wildman–Crippen MR) is 70.9 cm³/mol. The second-order valence-electron chi connectivity index (χ2n) is 4.09.